The molecular weight excluding hydrogens is 487 g/mol. The van der Waals surface area contributed by atoms with Crippen molar-refractivity contribution in [3.05, 3.63) is 40.6 Å². The van der Waals surface area contributed by atoms with E-state index in [0.29, 0.717) is 19.0 Å². The average Bonchev–Trinajstić information content (AvgIpc) is 3.00. The van der Waals surface area contributed by atoms with Crippen molar-refractivity contribution in [3.8, 4) is 0 Å². The van der Waals surface area contributed by atoms with Crippen LogP contribution in [-0.2, 0) is 16.6 Å². The lowest BCUT2D eigenvalue weighted by atomic mass is 10.4. The molecule has 0 aliphatic heterocycles. The van der Waals surface area contributed by atoms with Gasteiger partial charge in [-0.2, -0.15) is 0 Å². The van der Waals surface area contributed by atoms with E-state index in [9.17, 15) is 8.42 Å². The van der Waals surface area contributed by atoms with E-state index in [0.717, 1.165) is 10.7 Å². The minimum atomic E-state index is -3.55. The van der Waals surface area contributed by atoms with Crippen LogP contribution in [-0.4, -0.2) is 56.4 Å². The molecule has 0 unspecified atom stereocenters. The molecule has 11 heteroatoms. The van der Waals surface area contributed by atoms with Gasteiger partial charge in [0.05, 0.1) is 17.2 Å². The van der Waals surface area contributed by atoms with Gasteiger partial charge in [-0.05, 0) is 19.1 Å². The molecule has 0 radical (unpaired) electrons. The highest BCUT2D eigenvalue weighted by molar-refractivity contribution is 14.0. The van der Waals surface area contributed by atoms with Crippen molar-refractivity contribution in [2.75, 3.05) is 27.2 Å². The number of hydrogen-bond acceptors (Lipinski definition) is 6. The van der Waals surface area contributed by atoms with Gasteiger partial charge < -0.3 is 10.2 Å². The molecule has 26 heavy (non-hydrogen) atoms. The molecule has 2 N–H and O–H groups in total. The van der Waals surface area contributed by atoms with Gasteiger partial charge in [-0.15, -0.1) is 35.3 Å². The summed E-state index contributed by atoms with van der Waals surface area (Å²) < 4.78 is 26.7. The van der Waals surface area contributed by atoms with Crippen molar-refractivity contribution in [2.24, 2.45) is 4.99 Å². The largest absolute Gasteiger partial charge is 0.355 e. The second-order valence-corrected chi connectivity index (χ2v) is 8.10. The van der Waals surface area contributed by atoms with Crippen molar-refractivity contribution in [3.63, 3.8) is 0 Å². The Morgan fingerprint density at radius 2 is 2.15 bits per heavy atom. The number of nitrogens with one attached hydrogen (secondary N) is 2. The van der Waals surface area contributed by atoms with Crippen LogP contribution in [0.2, 0.25) is 0 Å². The van der Waals surface area contributed by atoms with Crippen LogP contribution >= 0.6 is 35.3 Å². The molecule has 0 fully saturated rings. The zero-order chi connectivity index (χ0) is 18.3. The standard InChI is InChI=1S/C15H22N6O2S2.HI/c1-12-20-13(11-24-12)10-21(3)15(16-2)18-7-8-19-25(22,23)14-5-4-6-17-9-14;/h4-6,9,11,19H,7-8,10H2,1-3H3,(H,16,18);1H. The number of nitrogens with zero attached hydrogens (tertiary/aromatic N) is 4. The number of aromatic nitrogens is 2. The molecule has 8 nitrogen and oxygen atoms in total. The number of thiazole rings is 1. The fourth-order valence-electron chi connectivity index (χ4n) is 2.13. The maximum Gasteiger partial charge on any atom is 0.242 e. The molecule has 2 aromatic rings. The third-order valence-electron chi connectivity index (χ3n) is 3.28. The average molecular weight is 510 g/mol. The Labute approximate surface area is 175 Å². The molecule has 0 aliphatic rings. The van der Waals surface area contributed by atoms with Gasteiger partial charge in [-0.1, -0.05) is 0 Å². The van der Waals surface area contributed by atoms with E-state index >= 15 is 0 Å². The molecule has 0 aliphatic carbocycles. The highest BCUT2D eigenvalue weighted by atomic mass is 127. The van der Waals surface area contributed by atoms with E-state index < -0.39 is 10.0 Å². The van der Waals surface area contributed by atoms with Crippen LogP contribution in [0.1, 0.15) is 10.7 Å². The van der Waals surface area contributed by atoms with E-state index in [1.165, 1.54) is 18.5 Å². The van der Waals surface area contributed by atoms with E-state index in [2.05, 4.69) is 25.0 Å². The van der Waals surface area contributed by atoms with Crippen LogP contribution in [0, 0.1) is 6.92 Å². The molecule has 2 heterocycles. The normalized spacial score (nSPS) is 11.7. The summed E-state index contributed by atoms with van der Waals surface area (Å²) in [6.07, 6.45) is 2.85. The van der Waals surface area contributed by atoms with Gasteiger partial charge in [0.25, 0.3) is 0 Å². The summed E-state index contributed by atoms with van der Waals surface area (Å²) in [7, 11) is 0.0464. The fraction of sp³-hybridized carbons (Fsp3) is 0.400. The van der Waals surface area contributed by atoms with E-state index in [1.807, 2.05) is 24.3 Å². The molecule has 0 aromatic carbocycles. The van der Waals surface area contributed by atoms with Crippen molar-refractivity contribution < 1.29 is 8.42 Å². The Morgan fingerprint density at radius 1 is 1.38 bits per heavy atom. The third kappa shape index (κ3) is 6.78. The maximum atomic E-state index is 12.1. The number of sulfonamides is 1. The summed E-state index contributed by atoms with van der Waals surface area (Å²) in [4.78, 5) is 14.5. The Bertz CT molecular complexity index is 811. The number of aryl methyl sites for hydroxylation is 1. The van der Waals surface area contributed by atoms with Gasteiger partial charge in [0, 0.05) is 45.0 Å². The lowest BCUT2D eigenvalue weighted by molar-refractivity contribution is 0.471. The summed E-state index contributed by atoms with van der Waals surface area (Å²) in [5.74, 6) is 0.672. The number of rotatable bonds is 7. The van der Waals surface area contributed by atoms with Gasteiger partial charge in [0.1, 0.15) is 4.90 Å². The second kappa shape index (κ2) is 10.7. The highest BCUT2D eigenvalue weighted by Gasteiger charge is 2.13. The van der Waals surface area contributed by atoms with E-state index in [4.69, 9.17) is 0 Å². The lowest BCUT2D eigenvalue weighted by Gasteiger charge is -2.21. The Hall–Kier alpha value is -1.31. The van der Waals surface area contributed by atoms with Crippen LogP contribution in [0.25, 0.3) is 0 Å². The monoisotopic (exact) mass is 510 g/mol. The zero-order valence-corrected chi connectivity index (χ0v) is 18.8. The van der Waals surface area contributed by atoms with Gasteiger partial charge >= 0.3 is 0 Å². The van der Waals surface area contributed by atoms with Crippen molar-refractivity contribution in [2.45, 2.75) is 18.4 Å². The summed E-state index contributed by atoms with van der Waals surface area (Å²) in [5, 5.41) is 6.17. The topological polar surface area (TPSA) is 99.6 Å². The number of guanidine groups is 1. The van der Waals surface area contributed by atoms with Gasteiger partial charge in [-0.25, -0.2) is 18.1 Å². The molecule has 0 bridgehead atoms. The molecule has 0 amide bonds. The van der Waals surface area contributed by atoms with Crippen LogP contribution in [0.3, 0.4) is 0 Å². The Kier molecular flexibility index (Phi) is 9.39. The van der Waals surface area contributed by atoms with E-state index in [1.54, 1.807) is 24.5 Å². The molecule has 0 saturated heterocycles. The first-order valence-corrected chi connectivity index (χ1v) is 10.0. The van der Waals surface area contributed by atoms with Crippen molar-refractivity contribution >= 4 is 51.3 Å². The highest BCUT2D eigenvalue weighted by Crippen LogP contribution is 2.09. The SMILES string of the molecule is CN=C(NCCNS(=O)(=O)c1cccnc1)N(C)Cc1csc(C)n1.I. The number of halogens is 1. The molecule has 2 aromatic heterocycles. The lowest BCUT2D eigenvalue weighted by Crippen LogP contribution is -2.42. The molecule has 0 atom stereocenters. The smallest absolute Gasteiger partial charge is 0.242 e. The number of pyridine rings is 1. The first kappa shape index (κ1) is 22.7. The molecule has 0 saturated carbocycles. The summed E-state index contributed by atoms with van der Waals surface area (Å²) >= 11 is 1.61. The summed E-state index contributed by atoms with van der Waals surface area (Å²) in [5.41, 5.74) is 0.977. The van der Waals surface area contributed by atoms with Crippen LogP contribution in [0.4, 0.5) is 0 Å². The Balaban J connectivity index is 0.00000338. The molecule has 0 spiro atoms. The fourth-order valence-corrected chi connectivity index (χ4v) is 3.73. The first-order valence-electron chi connectivity index (χ1n) is 7.65. The third-order valence-corrected chi connectivity index (χ3v) is 5.55. The van der Waals surface area contributed by atoms with E-state index in [-0.39, 0.29) is 35.4 Å². The predicted molar refractivity (Wildman–Crippen MR) is 115 cm³/mol. The van der Waals surface area contributed by atoms with Gasteiger partial charge in [0.2, 0.25) is 10.0 Å². The van der Waals surface area contributed by atoms with Crippen molar-refractivity contribution in [1.82, 2.24) is 24.9 Å². The first-order chi connectivity index (χ1) is 11.9. The minimum Gasteiger partial charge on any atom is -0.355 e. The van der Waals surface area contributed by atoms with Crippen LogP contribution < -0.4 is 10.0 Å². The number of hydrogen-bond donors (Lipinski definition) is 2. The summed E-state index contributed by atoms with van der Waals surface area (Å²) in [6, 6.07) is 3.09. The number of aliphatic imine (C=N–C) groups is 1. The quantitative estimate of drug-likeness (QED) is 0.253. The second-order valence-electron chi connectivity index (χ2n) is 5.27. The van der Waals surface area contributed by atoms with Crippen molar-refractivity contribution in [1.29, 1.82) is 0 Å². The molecule has 2 rings (SSSR count). The summed E-state index contributed by atoms with van der Waals surface area (Å²) in [6.45, 7) is 3.24. The molecule has 144 valence electrons. The van der Waals surface area contributed by atoms with Crippen LogP contribution in [0.5, 0.6) is 0 Å². The molecular formula is C15H23IN6O2S2. The van der Waals surface area contributed by atoms with Crippen LogP contribution in [0.15, 0.2) is 39.8 Å². The van der Waals surface area contributed by atoms with Gasteiger partial charge in [-0.3, -0.25) is 9.98 Å². The predicted octanol–water partition coefficient (Wildman–Crippen LogP) is 1.45. The Morgan fingerprint density at radius 3 is 2.73 bits per heavy atom. The van der Waals surface area contributed by atoms with Gasteiger partial charge in [0.15, 0.2) is 5.96 Å². The zero-order valence-electron chi connectivity index (χ0n) is 14.8. The minimum absolute atomic E-state index is 0. The maximum absolute atomic E-state index is 12.1.